The van der Waals surface area contributed by atoms with E-state index in [1.807, 2.05) is 32.9 Å². The second-order valence-corrected chi connectivity index (χ2v) is 10.2. The number of aromatic nitrogens is 3. The number of rotatable bonds is 6. The van der Waals surface area contributed by atoms with Crippen LogP contribution in [0.3, 0.4) is 0 Å². The van der Waals surface area contributed by atoms with Crippen LogP contribution in [0, 0.1) is 0 Å². The van der Waals surface area contributed by atoms with Gasteiger partial charge in [-0.3, -0.25) is 9.36 Å². The van der Waals surface area contributed by atoms with Gasteiger partial charge in [0.25, 0.3) is 5.91 Å². The van der Waals surface area contributed by atoms with Gasteiger partial charge in [-0.25, -0.2) is 4.79 Å². The van der Waals surface area contributed by atoms with E-state index in [1.165, 1.54) is 23.1 Å². The molecule has 0 spiro atoms. The zero-order valence-electron chi connectivity index (χ0n) is 18.4. The smallest absolute Gasteiger partial charge is 0.357 e. The van der Waals surface area contributed by atoms with Crippen LogP contribution in [0.5, 0.6) is 5.75 Å². The first-order valence-corrected chi connectivity index (χ1v) is 11.5. The topological polar surface area (TPSA) is 78.2 Å². The quantitative estimate of drug-likeness (QED) is 0.558. The summed E-state index contributed by atoms with van der Waals surface area (Å²) in [5, 5.41) is 8.16. The molecule has 2 aromatic carbocycles. The van der Waals surface area contributed by atoms with E-state index in [2.05, 4.69) is 10.4 Å². The Morgan fingerprint density at radius 2 is 1.88 bits per heavy atom. The van der Waals surface area contributed by atoms with Crippen LogP contribution < -0.4 is 15.7 Å². The summed E-state index contributed by atoms with van der Waals surface area (Å²) in [6.45, 7) is 5.77. The molecule has 168 valence electrons. The Morgan fingerprint density at radius 3 is 2.47 bits per heavy atom. The van der Waals surface area contributed by atoms with Crippen LogP contribution in [0.15, 0.2) is 52.2 Å². The lowest BCUT2D eigenvalue weighted by Gasteiger charge is -2.20. The van der Waals surface area contributed by atoms with Crippen LogP contribution in [0.2, 0.25) is 5.02 Å². The summed E-state index contributed by atoms with van der Waals surface area (Å²) < 4.78 is 8.62. The molecule has 1 N–H and O–H groups in total. The standard InChI is InChI=1S/C23H25ClN4O3S/c1-23(2,3)25-21(29)15-7-12-19(18(13-15)31-4)32-28-22(30)27(17-10-11-17)20(26-28)14-5-8-16(24)9-6-14/h5-9,12-13,17H,10-11H2,1-4H3,(H,25,29). The van der Waals surface area contributed by atoms with E-state index in [0.29, 0.717) is 27.1 Å². The van der Waals surface area contributed by atoms with Crippen LogP contribution >= 0.6 is 23.5 Å². The highest BCUT2D eigenvalue weighted by Crippen LogP contribution is 2.38. The van der Waals surface area contributed by atoms with Crippen LogP contribution in [0.25, 0.3) is 11.4 Å². The molecule has 1 saturated carbocycles. The van der Waals surface area contributed by atoms with Gasteiger partial charge in [-0.15, -0.1) is 9.19 Å². The van der Waals surface area contributed by atoms with Gasteiger partial charge >= 0.3 is 5.69 Å². The summed E-state index contributed by atoms with van der Waals surface area (Å²) in [7, 11) is 1.54. The number of nitrogens with zero attached hydrogens (tertiary/aromatic N) is 3. The van der Waals surface area contributed by atoms with Gasteiger partial charge in [0.1, 0.15) is 5.75 Å². The normalized spacial score (nSPS) is 13.8. The van der Waals surface area contributed by atoms with Crippen molar-refractivity contribution in [1.82, 2.24) is 19.1 Å². The summed E-state index contributed by atoms with van der Waals surface area (Å²) in [6.07, 6.45) is 1.91. The van der Waals surface area contributed by atoms with Gasteiger partial charge in [-0.2, -0.15) is 0 Å². The van der Waals surface area contributed by atoms with Crippen molar-refractivity contribution in [3.05, 3.63) is 63.5 Å². The van der Waals surface area contributed by atoms with Crippen molar-refractivity contribution in [2.75, 3.05) is 7.11 Å². The first-order chi connectivity index (χ1) is 15.2. The number of nitrogens with one attached hydrogen (secondary N) is 1. The second-order valence-electron chi connectivity index (χ2n) is 8.75. The van der Waals surface area contributed by atoms with Crippen molar-refractivity contribution in [3.8, 4) is 17.1 Å². The van der Waals surface area contributed by atoms with Crippen molar-refractivity contribution in [3.63, 3.8) is 0 Å². The lowest BCUT2D eigenvalue weighted by molar-refractivity contribution is 0.0919. The zero-order chi connectivity index (χ0) is 23.0. The summed E-state index contributed by atoms with van der Waals surface area (Å²) >= 11 is 7.19. The van der Waals surface area contributed by atoms with Gasteiger partial charge in [-0.1, -0.05) is 11.6 Å². The lowest BCUT2D eigenvalue weighted by atomic mass is 10.1. The minimum absolute atomic E-state index is 0.160. The molecule has 1 aliphatic rings. The molecule has 0 atom stereocenters. The monoisotopic (exact) mass is 472 g/mol. The first kappa shape index (κ1) is 22.5. The molecule has 0 bridgehead atoms. The Hall–Kier alpha value is -2.71. The summed E-state index contributed by atoms with van der Waals surface area (Å²) in [5.74, 6) is 0.923. The Kier molecular flexibility index (Phi) is 6.09. The maximum Gasteiger partial charge on any atom is 0.357 e. The largest absolute Gasteiger partial charge is 0.495 e. The molecule has 1 fully saturated rings. The summed E-state index contributed by atoms with van der Waals surface area (Å²) in [6, 6.07) is 12.6. The van der Waals surface area contributed by atoms with Crippen molar-refractivity contribution < 1.29 is 9.53 Å². The number of carbonyl (C=O) groups excluding carboxylic acids is 1. The van der Waals surface area contributed by atoms with Crippen molar-refractivity contribution in [1.29, 1.82) is 0 Å². The number of ether oxygens (including phenoxy) is 1. The van der Waals surface area contributed by atoms with Crippen molar-refractivity contribution >= 4 is 29.5 Å². The van der Waals surface area contributed by atoms with Crippen molar-refractivity contribution in [2.45, 2.75) is 50.1 Å². The molecule has 32 heavy (non-hydrogen) atoms. The van der Waals surface area contributed by atoms with Crippen LogP contribution in [-0.4, -0.2) is 32.3 Å². The molecular formula is C23H25ClN4O3S. The number of methoxy groups -OCH3 is 1. The van der Waals surface area contributed by atoms with E-state index >= 15 is 0 Å². The number of hydrogen-bond acceptors (Lipinski definition) is 5. The fourth-order valence-corrected chi connectivity index (χ4v) is 4.22. The van der Waals surface area contributed by atoms with Crippen molar-refractivity contribution in [2.24, 2.45) is 0 Å². The molecule has 1 amide bonds. The number of hydrogen-bond donors (Lipinski definition) is 1. The molecule has 0 unspecified atom stereocenters. The van der Waals surface area contributed by atoms with Gasteiger partial charge < -0.3 is 10.1 Å². The molecule has 9 heteroatoms. The van der Waals surface area contributed by atoms with Gasteiger partial charge in [0.2, 0.25) is 0 Å². The predicted octanol–water partition coefficient (Wildman–Crippen LogP) is 4.79. The molecule has 0 aliphatic heterocycles. The average Bonchev–Trinajstić information content (AvgIpc) is 3.52. The third kappa shape index (κ3) is 4.86. The van der Waals surface area contributed by atoms with Gasteiger partial charge in [0, 0.05) is 39.7 Å². The van der Waals surface area contributed by atoms with E-state index in [0.717, 1.165) is 18.4 Å². The maximum atomic E-state index is 13.2. The number of benzene rings is 2. The van der Waals surface area contributed by atoms with Crippen LogP contribution in [0.4, 0.5) is 0 Å². The van der Waals surface area contributed by atoms with E-state index in [9.17, 15) is 9.59 Å². The Balaban J connectivity index is 1.67. The van der Waals surface area contributed by atoms with Crippen LogP contribution in [0.1, 0.15) is 50.0 Å². The minimum atomic E-state index is -0.348. The maximum absolute atomic E-state index is 13.2. The molecule has 1 heterocycles. The molecular weight excluding hydrogens is 448 g/mol. The zero-order valence-corrected chi connectivity index (χ0v) is 20.0. The van der Waals surface area contributed by atoms with Gasteiger partial charge in [0.15, 0.2) is 5.82 Å². The molecule has 0 radical (unpaired) electrons. The molecule has 0 saturated heterocycles. The number of halogens is 1. The number of carbonyl (C=O) groups is 1. The van der Waals surface area contributed by atoms with Gasteiger partial charge in [-0.05, 0) is 76.1 Å². The molecule has 4 rings (SSSR count). The fourth-order valence-electron chi connectivity index (χ4n) is 3.27. The predicted molar refractivity (Wildman–Crippen MR) is 127 cm³/mol. The number of amides is 1. The van der Waals surface area contributed by atoms with E-state index in [1.54, 1.807) is 34.9 Å². The average molecular weight is 473 g/mol. The fraction of sp³-hybridized carbons (Fsp3) is 0.348. The highest BCUT2D eigenvalue weighted by molar-refractivity contribution is 7.97. The van der Waals surface area contributed by atoms with Crippen LogP contribution in [-0.2, 0) is 0 Å². The lowest BCUT2D eigenvalue weighted by Crippen LogP contribution is -2.40. The van der Waals surface area contributed by atoms with E-state index < -0.39 is 0 Å². The second kappa shape index (κ2) is 8.67. The Labute approximate surface area is 195 Å². The molecule has 7 nitrogen and oxygen atoms in total. The Morgan fingerprint density at radius 1 is 1.19 bits per heavy atom. The molecule has 3 aromatic rings. The SMILES string of the molecule is COc1cc(C(=O)NC(C)(C)C)ccc1Sn1nc(-c2ccc(Cl)cc2)n(C2CC2)c1=O. The third-order valence-corrected chi connectivity index (χ3v) is 6.09. The summed E-state index contributed by atoms with van der Waals surface area (Å²) in [5.41, 5.74) is 0.774. The first-order valence-electron chi connectivity index (χ1n) is 10.3. The molecule has 1 aliphatic carbocycles. The highest BCUT2D eigenvalue weighted by Gasteiger charge is 2.31. The summed E-state index contributed by atoms with van der Waals surface area (Å²) in [4.78, 5) is 26.4. The van der Waals surface area contributed by atoms with E-state index in [-0.39, 0.29) is 23.2 Å². The minimum Gasteiger partial charge on any atom is -0.495 e. The third-order valence-electron chi connectivity index (χ3n) is 4.90. The molecule has 1 aromatic heterocycles. The van der Waals surface area contributed by atoms with Gasteiger partial charge in [0.05, 0.1) is 12.0 Å². The Bertz CT molecular complexity index is 1210. The van der Waals surface area contributed by atoms with E-state index in [4.69, 9.17) is 16.3 Å². The highest BCUT2D eigenvalue weighted by atomic mass is 35.5.